The van der Waals surface area contributed by atoms with Crippen LogP contribution in [-0.2, 0) is 14.0 Å². The second-order valence-corrected chi connectivity index (χ2v) is 6.69. The van der Waals surface area contributed by atoms with Crippen molar-refractivity contribution in [3.63, 3.8) is 0 Å². The quantitative estimate of drug-likeness (QED) is 0.628. The summed E-state index contributed by atoms with van der Waals surface area (Å²) in [4.78, 5) is 15.6. The Morgan fingerprint density at radius 2 is 2.11 bits per heavy atom. The van der Waals surface area contributed by atoms with E-state index in [1.54, 1.807) is 24.4 Å². The molecule has 19 heavy (non-hydrogen) atoms. The van der Waals surface area contributed by atoms with E-state index in [-0.39, 0.29) is 6.42 Å². The first-order valence-corrected chi connectivity index (χ1v) is 7.85. The van der Waals surface area contributed by atoms with E-state index in [4.69, 9.17) is 10.7 Å². The average molecular weight is 297 g/mol. The first kappa shape index (κ1) is 12.4. The lowest BCUT2D eigenvalue weighted by Gasteiger charge is -2.37. The van der Waals surface area contributed by atoms with Crippen molar-refractivity contribution in [3.05, 3.63) is 42.1 Å². The Morgan fingerprint density at radius 1 is 1.32 bits per heavy atom. The number of carbonyl (C=O) groups excluding carboxylic acids is 1. The van der Waals surface area contributed by atoms with E-state index in [9.17, 15) is 13.2 Å². The SMILES string of the molecule is O=C1CC(c2ccc3ncccc3c2)N1S(=O)(=O)Cl. The van der Waals surface area contributed by atoms with Gasteiger partial charge in [-0.15, -0.1) is 0 Å². The summed E-state index contributed by atoms with van der Waals surface area (Å²) in [5.74, 6) is -0.480. The Morgan fingerprint density at radius 3 is 2.79 bits per heavy atom. The summed E-state index contributed by atoms with van der Waals surface area (Å²) in [7, 11) is 1.23. The maximum Gasteiger partial charge on any atom is 0.324 e. The third-order valence-electron chi connectivity index (χ3n) is 3.14. The highest BCUT2D eigenvalue weighted by Gasteiger charge is 2.44. The maximum absolute atomic E-state index is 11.4. The molecule has 0 radical (unpaired) electrons. The highest BCUT2D eigenvalue weighted by Crippen LogP contribution is 2.38. The van der Waals surface area contributed by atoms with Gasteiger partial charge in [0.15, 0.2) is 0 Å². The monoisotopic (exact) mass is 296 g/mol. The third-order valence-corrected chi connectivity index (χ3v) is 4.52. The lowest BCUT2D eigenvalue weighted by atomic mass is 9.96. The number of hydrogen-bond donors (Lipinski definition) is 0. The minimum absolute atomic E-state index is 0.151. The van der Waals surface area contributed by atoms with E-state index in [0.717, 1.165) is 16.5 Å². The van der Waals surface area contributed by atoms with Crippen LogP contribution in [0.2, 0.25) is 0 Å². The summed E-state index contributed by atoms with van der Waals surface area (Å²) in [6, 6.07) is 8.56. The van der Waals surface area contributed by atoms with Gasteiger partial charge in [-0.1, -0.05) is 12.1 Å². The first-order chi connectivity index (χ1) is 8.97. The number of halogens is 1. The third kappa shape index (κ3) is 2.06. The van der Waals surface area contributed by atoms with Crippen molar-refractivity contribution in [2.75, 3.05) is 0 Å². The molecule has 98 valence electrons. The fourth-order valence-corrected chi connectivity index (χ4v) is 3.57. The second-order valence-electron chi connectivity index (χ2n) is 4.31. The van der Waals surface area contributed by atoms with Crippen molar-refractivity contribution in [1.82, 2.24) is 9.29 Å². The van der Waals surface area contributed by atoms with Gasteiger partial charge < -0.3 is 0 Å². The number of carbonyl (C=O) groups is 1. The van der Waals surface area contributed by atoms with Gasteiger partial charge in [-0.25, -0.2) is 4.31 Å². The smallest absolute Gasteiger partial charge is 0.274 e. The molecule has 2 heterocycles. The van der Waals surface area contributed by atoms with E-state index in [0.29, 0.717) is 4.31 Å². The van der Waals surface area contributed by atoms with E-state index in [1.165, 1.54) is 0 Å². The maximum atomic E-state index is 11.4. The molecule has 0 bridgehead atoms. The van der Waals surface area contributed by atoms with Gasteiger partial charge in [-0.3, -0.25) is 9.78 Å². The van der Waals surface area contributed by atoms with Crippen molar-refractivity contribution < 1.29 is 13.2 Å². The lowest BCUT2D eigenvalue weighted by Crippen LogP contribution is -2.47. The standard InChI is InChI=1S/C12H9ClN2O3S/c13-19(17,18)15-11(7-12(15)16)9-3-4-10-8(6-9)2-1-5-14-10/h1-6,11H,7H2. The van der Waals surface area contributed by atoms with E-state index >= 15 is 0 Å². The van der Waals surface area contributed by atoms with E-state index in [2.05, 4.69) is 4.98 Å². The molecule has 1 aromatic heterocycles. The molecule has 1 amide bonds. The van der Waals surface area contributed by atoms with Crippen LogP contribution in [-0.4, -0.2) is 23.6 Å². The molecule has 1 aliphatic heterocycles. The highest BCUT2D eigenvalue weighted by molar-refractivity contribution is 8.12. The Balaban J connectivity index is 2.03. The van der Waals surface area contributed by atoms with Gasteiger partial charge in [-0.05, 0) is 23.8 Å². The largest absolute Gasteiger partial charge is 0.324 e. The summed E-state index contributed by atoms with van der Waals surface area (Å²) in [6.07, 6.45) is 1.84. The fraction of sp³-hybridized carbons (Fsp3) is 0.167. The second kappa shape index (κ2) is 4.18. The lowest BCUT2D eigenvalue weighted by molar-refractivity contribution is -0.137. The zero-order valence-corrected chi connectivity index (χ0v) is 11.2. The predicted molar refractivity (Wildman–Crippen MR) is 70.7 cm³/mol. The molecular formula is C12H9ClN2O3S. The van der Waals surface area contributed by atoms with Crippen LogP contribution in [0.4, 0.5) is 0 Å². The highest BCUT2D eigenvalue weighted by atomic mass is 35.7. The fourth-order valence-electron chi connectivity index (χ4n) is 2.23. The minimum atomic E-state index is -4.03. The number of rotatable bonds is 2. The molecule has 1 fully saturated rings. The van der Waals surface area contributed by atoms with Crippen molar-refractivity contribution >= 4 is 36.7 Å². The van der Waals surface area contributed by atoms with E-state index < -0.39 is 21.2 Å². The molecule has 0 saturated carbocycles. The van der Waals surface area contributed by atoms with E-state index in [1.807, 2.05) is 12.1 Å². The van der Waals surface area contributed by atoms with Crippen LogP contribution >= 0.6 is 10.7 Å². The molecule has 1 aliphatic rings. The number of hydrogen-bond acceptors (Lipinski definition) is 4. The molecule has 5 nitrogen and oxygen atoms in total. The Bertz CT molecular complexity index is 775. The van der Waals surface area contributed by atoms with Crippen LogP contribution < -0.4 is 0 Å². The Kier molecular flexibility index (Phi) is 2.72. The summed E-state index contributed by atoms with van der Waals surface area (Å²) < 4.78 is 23.4. The molecule has 1 saturated heterocycles. The van der Waals surface area contributed by atoms with Crippen molar-refractivity contribution in [1.29, 1.82) is 0 Å². The molecule has 0 aliphatic carbocycles. The van der Waals surface area contributed by atoms with Crippen LogP contribution in [0.15, 0.2) is 36.5 Å². The van der Waals surface area contributed by atoms with Gasteiger partial charge in [0.25, 0.3) is 0 Å². The zero-order valence-electron chi connectivity index (χ0n) is 9.65. The van der Waals surface area contributed by atoms with Gasteiger partial charge in [0, 0.05) is 22.3 Å². The summed E-state index contributed by atoms with van der Waals surface area (Å²) >= 11 is 0. The molecule has 0 spiro atoms. The van der Waals surface area contributed by atoms with Crippen molar-refractivity contribution in [3.8, 4) is 0 Å². The van der Waals surface area contributed by atoms with Crippen LogP contribution in [0.5, 0.6) is 0 Å². The van der Waals surface area contributed by atoms with Gasteiger partial charge in [0.1, 0.15) is 0 Å². The summed E-state index contributed by atoms with van der Waals surface area (Å²) in [5, 5.41) is 0.895. The van der Waals surface area contributed by atoms with Crippen molar-refractivity contribution in [2.24, 2.45) is 0 Å². The van der Waals surface area contributed by atoms with Crippen LogP contribution in [0.3, 0.4) is 0 Å². The van der Waals surface area contributed by atoms with Gasteiger partial charge in [-0.2, -0.15) is 8.42 Å². The van der Waals surface area contributed by atoms with Crippen LogP contribution in [0.25, 0.3) is 10.9 Å². The Hall–Kier alpha value is -1.66. The number of β-lactam (4-membered cyclic amide) rings is 1. The summed E-state index contributed by atoms with van der Waals surface area (Å²) in [5.41, 5.74) is 1.56. The number of benzene rings is 1. The van der Waals surface area contributed by atoms with Gasteiger partial charge in [0.05, 0.1) is 18.0 Å². The van der Waals surface area contributed by atoms with Crippen LogP contribution in [0, 0.1) is 0 Å². The first-order valence-electron chi connectivity index (χ1n) is 5.58. The predicted octanol–water partition coefficient (Wildman–Crippen LogP) is 1.99. The normalized spacial score (nSPS) is 19.5. The van der Waals surface area contributed by atoms with Gasteiger partial charge in [0.2, 0.25) is 5.91 Å². The molecule has 1 unspecified atom stereocenters. The molecule has 1 atom stereocenters. The molecule has 2 aromatic rings. The number of amides is 1. The topological polar surface area (TPSA) is 67.3 Å². The average Bonchev–Trinajstić information content (AvgIpc) is 2.33. The molecule has 3 rings (SSSR count). The van der Waals surface area contributed by atoms with Crippen LogP contribution in [0.1, 0.15) is 18.0 Å². The number of pyridine rings is 1. The number of nitrogens with zero attached hydrogens (tertiary/aromatic N) is 2. The summed E-state index contributed by atoms with van der Waals surface area (Å²) in [6.45, 7) is 0. The Labute approximate surface area is 114 Å². The molecular weight excluding hydrogens is 288 g/mol. The van der Waals surface area contributed by atoms with Gasteiger partial charge >= 0.3 is 9.24 Å². The minimum Gasteiger partial charge on any atom is -0.274 e. The zero-order chi connectivity index (χ0) is 13.6. The van der Waals surface area contributed by atoms with Crippen molar-refractivity contribution in [2.45, 2.75) is 12.5 Å². The number of fused-ring (bicyclic) bond motifs is 1. The molecule has 0 N–H and O–H groups in total. The number of aromatic nitrogens is 1. The molecule has 1 aromatic carbocycles. The molecule has 7 heteroatoms.